The van der Waals surface area contributed by atoms with Gasteiger partial charge in [0.2, 0.25) is 0 Å². The van der Waals surface area contributed by atoms with Gasteiger partial charge in [0.05, 0.1) is 28.8 Å². The first-order valence-corrected chi connectivity index (χ1v) is 25.4. The maximum atomic E-state index is 5.18. The van der Waals surface area contributed by atoms with Crippen molar-refractivity contribution in [3.8, 4) is 117 Å². The molecule has 0 saturated carbocycles. The van der Waals surface area contributed by atoms with E-state index >= 15 is 0 Å². The van der Waals surface area contributed by atoms with E-state index in [2.05, 4.69) is 273 Å². The first-order valence-electron chi connectivity index (χ1n) is 25.4. The first kappa shape index (κ1) is 44.9. The minimum Gasteiger partial charge on any atom is -0.256 e. The number of pyridine rings is 2. The lowest BCUT2D eigenvalue weighted by Crippen LogP contribution is -1.96. The average molecular weight is 957 g/mol. The molecule has 0 unspecified atom stereocenters. The van der Waals surface area contributed by atoms with Crippen LogP contribution in [-0.2, 0) is 0 Å². The first-order chi connectivity index (χ1) is 37.2. The number of aromatic nitrogens is 4. The number of benzene rings is 10. The van der Waals surface area contributed by atoms with Gasteiger partial charge in [-0.15, -0.1) is 0 Å². The van der Waals surface area contributed by atoms with Gasteiger partial charge in [0.25, 0.3) is 0 Å². The summed E-state index contributed by atoms with van der Waals surface area (Å²) >= 11 is 0. The molecule has 0 aliphatic rings. The Labute approximate surface area is 437 Å². The summed E-state index contributed by atoms with van der Waals surface area (Å²) < 4.78 is 2.01. The molecule has 10 aromatic carbocycles. The van der Waals surface area contributed by atoms with Gasteiger partial charge < -0.3 is 0 Å². The number of hydrogen-bond acceptors (Lipinski definition) is 3. The zero-order chi connectivity index (χ0) is 49.9. The fourth-order valence-corrected chi connectivity index (χ4v) is 10.5. The van der Waals surface area contributed by atoms with Gasteiger partial charge in [0.15, 0.2) is 0 Å². The summed E-state index contributed by atoms with van der Waals surface area (Å²) in [6.07, 6.45) is 6.00. The molecule has 0 saturated heterocycles. The summed E-state index contributed by atoms with van der Waals surface area (Å²) in [6, 6.07) is 97.3. The third-order valence-corrected chi connectivity index (χ3v) is 14.3. The molecule has 0 amide bonds. The van der Waals surface area contributed by atoms with E-state index in [1.807, 2.05) is 23.1 Å². The second kappa shape index (κ2) is 19.9. The Morgan fingerprint density at radius 3 is 1.23 bits per heavy atom. The van der Waals surface area contributed by atoms with Gasteiger partial charge in [-0.05, 0) is 126 Å². The minimum atomic E-state index is 0.925. The highest BCUT2D eigenvalue weighted by Crippen LogP contribution is 2.44. The molecule has 13 rings (SSSR count). The molecule has 0 atom stereocenters. The summed E-state index contributed by atoms with van der Waals surface area (Å²) in [4.78, 5) is 10.2. The van der Waals surface area contributed by atoms with Crippen LogP contribution in [0, 0.1) is 0 Å². The number of rotatable bonds is 11. The normalized spacial score (nSPS) is 11.2. The van der Waals surface area contributed by atoms with Gasteiger partial charge in [-0.25, -0.2) is 4.68 Å². The van der Waals surface area contributed by atoms with E-state index in [9.17, 15) is 0 Å². The number of hydrogen-bond donors (Lipinski definition) is 0. The molecule has 13 aromatic rings. The van der Waals surface area contributed by atoms with Crippen LogP contribution < -0.4 is 0 Å². The van der Waals surface area contributed by atoms with Crippen molar-refractivity contribution in [2.24, 2.45) is 0 Å². The molecule has 3 aromatic heterocycles. The fourth-order valence-electron chi connectivity index (χ4n) is 10.5. The maximum Gasteiger partial charge on any atom is 0.0741 e. The predicted octanol–water partition coefficient (Wildman–Crippen LogP) is 18.5. The van der Waals surface area contributed by atoms with Gasteiger partial charge >= 0.3 is 0 Å². The monoisotopic (exact) mass is 956 g/mol. The van der Waals surface area contributed by atoms with Crippen LogP contribution in [-0.4, -0.2) is 19.7 Å². The van der Waals surface area contributed by atoms with Crippen molar-refractivity contribution in [2.45, 2.75) is 0 Å². The van der Waals surface area contributed by atoms with Crippen molar-refractivity contribution in [1.29, 1.82) is 0 Å². The molecular weight excluding hydrogens is 909 g/mol. The molecule has 0 radical (unpaired) electrons. The molecule has 0 spiro atoms. The molecule has 4 heteroatoms. The Morgan fingerprint density at radius 1 is 0.227 bits per heavy atom. The molecule has 352 valence electrons. The van der Waals surface area contributed by atoms with Crippen LogP contribution in [0.5, 0.6) is 0 Å². The second-order valence-electron chi connectivity index (χ2n) is 18.8. The van der Waals surface area contributed by atoms with Gasteiger partial charge in [-0.1, -0.05) is 224 Å². The molecule has 75 heavy (non-hydrogen) atoms. The van der Waals surface area contributed by atoms with Gasteiger partial charge in [-0.3, -0.25) is 9.97 Å². The fraction of sp³-hybridized carbons (Fsp3) is 0. The molecule has 4 nitrogen and oxygen atoms in total. The molecule has 0 N–H and O–H groups in total. The van der Waals surface area contributed by atoms with E-state index < -0.39 is 0 Å². The minimum absolute atomic E-state index is 0.925. The van der Waals surface area contributed by atoms with E-state index in [0.29, 0.717) is 0 Å². The van der Waals surface area contributed by atoms with Gasteiger partial charge in [0.1, 0.15) is 0 Å². The third-order valence-electron chi connectivity index (χ3n) is 14.3. The van der Waals surface area contributed by atoms with E-state index in [0.717, 1.165) is 117 Å². The molecular formula is C71H48N4. The molecule has 0 aliphatic heterocycles. The highest BCUT2D eigenvalue weighted by molar-refractivity contribution is 5.97. The average Bonchev–Trinajstić information content (AvgIpc) is 3.95. The lowest BCUT2D eigenvalue weighted by molar-refractivity contribution is 0.911. The van der Waals surface area contributed by atoms with Crippen molar-refractivity contribution in [3.05, 3.63) is 292 Å². The molecule has 3 heterocycles. The van der Waals surface area contributed by atoms with Crippen molar-refractivity contribution in [2.75, 3.05) is 0 Å². The Balaban J connectivity index is 0.977. The van der Waals surface area contributed by atoms with E-state index in [1.165, 1.54) is 11.1 Å². The topological polar surface area (TPSA) is 43.6 Å². The summed E-state index contributed by atoms with van der Waals surface area (Å²) in [5.74, 6) is 0. The van der Waals surface area contributed by atoms with Crippen molar-refractivity contribution in [3.63, 3.8) is 0 Å². The number of para-hydroxylation sites is 1. The van der Waals surface area contributed by atoms with Crippen molar-refractivity contribution >= 4 is 10.9 Å². The standard InChI is InChI=1S/C71H48N4/c1-4-18-49(19-5-1)50-32-34-52(35-33-50)67-45-70(54-22-8-3-9-23-54)73-48-68(67)66-30-16-15-29-65(66)59-43-57(42-58(44-59)64-28-14-12-26-62(64)55-38-41-69(72-46-55)53-20-6-2-7-21-53)63-27-13-11-25-61(63)51-36-39-60(40-37-51)75-71-31-17-10-24-56(71)47-74-75/h1-48H. The zero-order valence-electron chi connectivity index (χ0n) is 41.0. The SMILES string of the molecule is c1ccc(-c2ccc(-c3cc(-c4ccccc4)ncc3-c3ccccc3-c3cc(-c4ccccc4-c4ccc(-n5ncc6ccccc65)cc4)cc(-c4ccccc4-c4ccc(-c5ccccc5)nc4)c3)cc2)cc1. The summed E-state index contributed by atoms with van der Waals surface area (Å²) in [5.41, 5.74) is 24.0. The van der Waals surface area contributed by atoms with Crippen molar-refractivity contribution < 1.29 is 0 Å². The Hall–Kier alpha value is -10.0. The van der Waals surface area contributed by atoms with Crippen LogP contribution >= 0.6 is 0 Å². The smallest absolute Gasteiger partial charge is 0.0741 e. The van der Waals surface area contributed by atoms with Crippen LogP contribution in [0.2, 0.25) is 0 Å². The second-order valence-corrected chi connectivity index (χ2v) is 18.8. The van der Waals surface area contributed by atoms with Crippen LogP contribution in [0.15, 0.2) is 292 Å². The Bertz CT molecular complexity index is 4130. The summed E-state index contributed by atoms with van der Waals surface area (Å²) in [7, 11) is 0. The van der Waals surface area contributed by atoms with Gasteiger partial charge in [0, 0.05) is 40.0 Å². The van der Waals surface area contributed by atoms with E-state index in [1.54, 1.807) is 0 Å². The lowest BCUT2D eigenvalue weighted by Gasteiger charge is -2.19. The van der Waals surface area contributed by atoms with E-state index in [4.69, 9.17) is 15.1 Å². The lowest BCUT2D eigenvalue weighted by atomic mass is 9.85. The van der Waals surface area contributed by atoms with Crippen molar-refractivity contribution in [1.82, 2.24) is 19.7 Å². The third kappa shape index (κ3) is 8.92. The Kier molecular flexibility index (Phi) is 11.9. The predicted molar refractivity (Wildman–Crippen MR) is 311 cm³/mol. The number of fused-ring (bicyclic) bond motifs is 1. The molecule has 0 aliphatic carbocycles. The number of nitrogens with zero attached hydrogens (tertiary/aromatic N) is 4. The molecule has 0 fully saturated rings. The van der Waals surface area contributed by atoms with Crippen LogP contribution in [0.1, 0.15) is 0 Å². The van der Waals surface area contributed by atoms with Gasteiger partial charge in [-0.2, -0.15) is 5.10 Å². The van der Waals surface area contributed by atoms with Crippen LogP contribution in [0.25, 0.3) is 128 Å². The highest BCUT2D eigenvalue weighted by Gasteiger charge is 2.19. The summed E-state index contributed by atoms with van der Waals surface area (Å²) in [5, 5.41) is 5.86. The van der Waals surface area contributed by atoms with Crippen LogP contribution in [0.3, 0.4) is 0 Å². The van der Waals surface area contributed by atoms with E-state index in [-0.39, 0.29) is 0 Å². The maximum absolute atomic E-state index is 5.18. The summed E-state index contributed by atoms with van der Waals surface area (Å²) in [6.45, 7) is 0. The van der Waals surface area contributed by atoms with Crippen LogP contribution in [0.4, 0.5) is 0 Å². The molecule has 0 bridgehead atoms. The highest BCUT2D eigenvalue weighted by atomic mass is 15.3. The zero-order valence-corrected chi connectivity index (χ0v) is 41.0. The Morgan fingerprint density at radius 2 is 0.640 bits per heavy atom. The largest absolute Gasteiger partial charge is 0.256 e. The quantitative estimate of drug-likeness (QED) is 0.130.